The Balaban J connectivity index is 2.62. The van der Waals surface area contributed by atoms with Crippen LogP contribution in [0.1, 0.15) is 0 Å². The molecule has 0 bridgehead atoms. The summed E-state index contributed by atoms with van der Waals surface area (Å²) in [5, 5.41) is 2.60. The summed E-state index contributed by atoms with van der Waals surface area (Å²) in [7, 11) is -3.40. The quantitative estimate of drug-likeness (QED) is 0.789. The first kappa shape index (κ1) is 12.5. The number of benzene rings is 1. The Morgan fingerprint density at radius 1 is 1.50 bits per heavy atom. The fourth-order valence-electron chi connectivity index (χ4n) is 1.91. The minimum atomic E-state index is -3.40. The van der Waals surface area contributed by atoms with Crippen LogP contribution >= 0.6 is 0 Å². The van der Waals surface area contributed by atoms with Crippen LogP contribution in [-0.2, 0) is 14.6 Å². The van der Waals surface area contributed by atoms with Crippen molar-refractivity contribution in [1.29, 1.82) is 0 Å². The van der Waals surface area contributed by atoms with Crippen LogP contribution < -0.4 is 10.2 Å². The molecule has 1 N–H and O–H groups in total. The average Bonchev–Trinajstić information content (AvgIpc) is 2.27. The summed E-state index contributed by atoms with van der Waals surface area (Å²) in [5.74, 6) is 2.18. The second-order valence-electron chi connectivity index (χ2n) is 4.03. The van der Waals surface area contributed by atoms with Gasteiger partial charge in [-0.15, -0.1) is 6.42 Å². The molecule has 1 heterocycles. The zero-order valence-electron chi connectivity index (χ0n) is 9.80. The van der Waals surface area contributed by atoms with Gasteiger partial charge in [-0.05, 0) is 12.1 Å². The molecule has 0 saturated carbocycles. The second-order valence-corrected chi connectivity index (χ2v) is 6.01. The van der Waals surface area contributed by atoms with Gasteiger partial charge in [-0.25, -0.2) is 8.42 Å². The van der Waals surface area contributed by atoms with E-state index in [2.05, 4.69) is 11.2 Å². The van der Waals surface area contributed by atoms with Gasteiger partial charge in [0.2, 0.25) is 5.91 Å². The largest absolute Gasteiger partial charge is 0.349 e. The van der Waals surface area contributed by atoms with Gasteiger partial charge in [-0.2, -0.15) is 0 Å². The molecule has 0 atom stereocenters. The number of hydrogen-bond acceptors (Lipinski definition) is 4. The van der Waals surface area contributed by atoms with Gasteiger partial charge in [-0.3, -0.25) is 4.79 Å². The summed E-state index contributed by atoms with van der Waals surface area (Å²) >= 11 is 0. The van der Waals surface area contributed by atoms with Crippen LogP contribution in [0.5, 0.6) is 0 Å². The Bertz CT molecular complexity index is 644. The van der Waals surface area contributed by atoms with Crippen molar-refractivity contribution in [3.63, 3.8) is 0 Å². The van der Waals surface area contributed by atoms with Crippen LogP contribution in [0.15, 0.2) is 23.1 Å². The van der Waals surface area contributed by atoms with E-state index in [9.17, 15) is 13.2 Å². The molecule has 1 amide bonds. The van der Waals surface area contributed by atoms with Gasteiger partial charge < -0.3 is 10.2 Å². The molecule has 0 radical (unpaired) electrons. The summed E-state index contributed by atoms with van der Waals surface area (Å²) in [6, 6.07) is 4.84. The van der Waals surface area contributed by atoms with Crippen LogP contribution in [0.4, 0.5) is 11.4 Å². The molecule has 1 aromatic rings. The Morgan fingerprint density at radius 3 is 2.83 bits per heavy atom. The maximum atomic E-state index is 11.7. The van der Waals surface area contributed by atoms with Crippen molar-refractivity contribution in [2.75, 3.05) is 29.6 Å². The van der Waals surface area contributed by atoms with Crippen molar-refractivity contribution in [2.45, 2.75) is 4.90 Å². The molecule has 5 nitrogen and oxygen atoms in total. The highest BCUT2D eigenvalue weighted by atomic mass is 32.2. The van der Waals surface area contributed by atoms with E-state index in [-0.39, 0.29) is 23.9 Å². The normalized spacial score (nSPS) is 14.7. The fraction of sp³-hybridized carbons (Fsp3) is 0.250. The Hall–Kier alpha value is -2.00. The van der Waals surface area contributed by atoms with Crippen molar-refractivity contribution in [2.24, 2.45) is 0 Å². The third kappa shape index (κ3) is 2.17. The van der Waals surface area contributed by atoms with Crippen LogP contribution in [0, 0.1) is 12.3 Å². The molecule has 1 aliphatic rings. The van der Waals surface area contributed by atoms with E-state index in [0.29, 0.717) is 11.4 Å². The van der Waals surface area contributed by atoms with Gasteiger partial charge in [0.15, 0.2) is 9.84 Å². The summed E-state index contributed by atoms with van der Waals surface area (Å²) in [6.45, 7) is 0.387. The van der Waals surface area contributed by atoms with Gasteiger partial charge in [0.1, 0.15) is 0 Å². The number of carbonyl (C=O) groups is 1. The number of sulfone groups is 1. The first-order chi connectivity index (χ1) is 8.43. The predicted molar refractivity (Wildman–Crippen MR) is 69.2 cm³/mol. The van der Waals surface area contributed by atoms with Crippen LogP contribution in [0.3, 0.4) is 0 Å². The summed E-state index contributed by atoms with van der Waals surface area (Å²) < 4.78 is 23.3. The number of rotatable bonds is 2. The standard InChI is InChI=1S/C12H12N2O3S/c1-3-7-14-8-11(15)13-12-9(14)5-4-6-10(12)18(2,16)17/h1,4-6H,7-8H2,2H3,(H,13,15). The van der Waals surface area contributed by atoms with Crippen LogP contribution in [0.25, 0.3) is 0 Å². The fourth-order valence-corrected chi connectivity index (χ4v) is 2.76. The zero-order chi connectivity index (χ0) is 13.3. The van der Waals surface area contributed by atoms with E-state index in [4.69, 9.17) is 6.42 Å². The molecular weight excluding hydrogens is 252 g/mol. The third-order valence-electron chi connectivity index (χ3n) is 2.63. The van der Waals surface area contributed by atoms with Gasteiger partial charge >= 0.3 is 0 Å². The number of anilines is 2. The highest BCUT2D eigenvalue weighted by Crippen LogP contribution is 2.34. The van der Waals surface area contributed by atoms with Crippen LogP contribution in [-0.4, -0.2) is 33.7 Å². The molecule has 1 aliphatic heterocycles. The SMILES string of the molecule is C#CCN1CC(=O)Nc2c1cccc2S(C)(=O)=O. The molecule has 18 heavy (non-hydrogen) atoms. The number of nitrogens with zero attached hydrogens (tertiary/aromatic N) is 1. The molecule has 1 aromatic carbocycles. The third-order valence-corrected chi connectivity index (χ3v) is 3.76. The number of carbonyl (C=O) groups excluding carboxylic acids is 1. The van der Waals surface area contributed by atoms with Crippen molar-refractivity contribution in [3.8, 4) is 12.3 Å². The first-order valence-electron chi connectivity index (χ1n) is 5.25. The number of hydrogen-bond donors (Lipinski definition) is 1. The van der Waals surface area contributed by atoms with Gasteiger partial charge in [0.25, 0.3) is 0 Å². The summed E-state index contributed by atoms with van der Waals surface area (Å²) in [4.78, 5) is 13.4. The molecule has 0 unspecified atom stereocenters. The number of amides is 1. The lowest BCUT2D eigenvalue weighted by Gasteiger charge is -2.30. The molecular formula is C12H12N2O3S. The second kappa shape index (κ2) is 4.35. The van der Waals surface area contributed by atoms with Gasteiger partial charge in [0, 0.05) is 6.26 Å². The molecule has 94 valence electrons. The highest BCUT2D eigenvalue weighted by Gasteiger charge is 2.26. The molecule has 0 aromatic heterocycles. The summed E-state index contributed by atoms with van der Waals surface area (Å²) in [6.07, 6.45) is 6.35. The number of nitrogens with one attached hydrogen (secondary N) is 1. The lowest BCUT2D eigenvalue weighted by molar-refractivity contribution is -0.115. The first-order valence-corrected chi connectivity index (χ1v) is 7.14. The van der Waals surface area contributed by atoms with Crippen molar-refractivity contribution < 1.29 is 13.2 Å². The number of fused-ring (bicyclic) bond motifs is 1. The maximum Gasteiger partial charge on any atom is 0.244 e. The Kier molecular flexibility index (Phi) is 3.01. The van der Waals surface area contributed by atoms with E-state index < -0.39 is 9.84 Å². The van der Waals surface area contributed by atoms with E-state index in [1.807, 2.05) is 0 Å². The molecule has 6 heteroatoms. The maximum absolute atomic E-state index is 11.7. The number of para-hydroxylation sites is 1. The highest BCUT2D eigenvalue weighted by molar-refractivity contribution is 7.90. The van der Waals surface area contributed by atoms with Crippen LogP contribution in [0.2, 0.25) is 0 Å². The topological polar surface area (TPSA) is 66.5 Å². The molecule has 0 aliphatic carbocycles. The lowest BCUT2D eigenvalue weighted by Crippen LogP contribution is -2.39. The van der Waals surface area contributed by atoms with E-state index in [1.165, 1.54) is 6.07 Å². The summed E-state index contributed by atoms with van der Waals surface area (Å²) in [5.41, 5.74) is 0.946. The molecule has 0 saturated heterocycles. The lowest BCUT2D eigenvalue weighted by atomic mass is 10.2. The van der Waals surface area contributed by atoms with E-state index >= 15 is 0 Å². The molecule has 0 spiro atoms. The van der Waals surface area contributed by atoms with Crippen molar-refractivity contribution in [3.05, 3.63) is 18.2 Å². The van der Waals surface area contributed by atoms with Crippen molar-refractivity contribution in [1.82, 2.24) is 0 Å². The molecule has 2 rings (SSSR count). The van der Waals surface area contributed by atoms with Crippen molar-refractivity contribution >= 4 is 27.1 Å². The Labute approximate surface area is 106 Å². The molecule has 0 fully saturated rings. The number of terminal acetylenes is 1. The van der Waals surface area contributed by atoms with Gasteiger partial charge in [-0.1, -0.05) is 12.0 Å². The minimum Gasteiger partial charge on any atom is -0.349 e. The minimum absolute atomic E-state index is 0.107. The van der Waals surface area contributed by atoms with E-state index in [1.54, 1.807) is 17.0 Å². The smallest absolute Gasteiger partial charge is 0.244 e. The zero-order valence-corrected chi connectivity index (χ0v) is 10.6. The monoisotopic (exact) mass is 264 g/mol. The van der Waals surface area contributed by atoms with Gasteiger partial charge in [0.05, 0.1) is 29.4 Å². The average molecular weight is 264 g/mol. The Morgan fingerprint density at radius 2 is 2.22 bits per heavy atom. The predicted octanol–water partition coefficient (Wildman–Crippen LogP) is 0.482. The van der Waals surface area contributed by atoms with E-state index in [0.717, 1.165) is 6.26 Å².